The van der Waals surface area contributed by atoms with Gasteiger partial charge in [-0.25, -0.2) is 0 Å². The molecule has 152 valence electrons. The molecule has 4 rings (SSSR count). The van der Waals surface area contributed by atoms with Crippen LogP contribution in [0.15, 0.2) is 47.1 Å². The number of carbonyl (C=O) groups excluding carboxylic acids is 3. The van der Waals surface area contributed by atoms with Crippen LogP contribution in [0.25, 0.3) is 0 Å². The molecule has 7 nitrogen and oxygen atoms in total. The standard InChI is InChI=1S/C22H25N3O4/c1-14-6-4-7-15(12-14)23-20(26)13-18-21(27)24-16-8-2-3-9-17(16)25(18)22(28)19-10-5-11-29-19/h4-7,10-12,16-18H,2-3,8-9,13H2,1H3,(H,23,26)(H,24,27)/t16-,17-,18+/m0/s1. The molecular formula is C22H25N3O4. The highest BCUT2D eigenvalue weighted by Gasteiger charge is 2.46. The van der Waals surface area contributed by atoms with E-state index in [1.54, 1.807) is 23.1 Å². The number of benzene rings is 1. The van der Waals surface area contributed by atoms with Gasteiger partial charge in [0.2, 0.25) is 11.8 Å². The van der Waals surface area contributed by atoms with Gasteiger partial charge < -0.3 is 20.0 Å². The third kappa shape index (κ3) is 4.04. The number of furan rings is 1. The fraction of sp³-hybridized carbons (Fsp3) is 0.409. The molecule has 7 heteroatoms. The van der Waals surface area contributed by atoms with Gasteiger partial charge in [0.05, 0.1) is 18.7 Å². The van der Waals surface area contributed by atoms with Crippen LogP contribution in [0, 0.1) is 6.92 Å². The summed E-state index contributed by atoms with van der Waals surface area (Å²) in [5, 5.41) is 5.87. The Morgan fingerprint density at radius 1 is 1.21 bits per heavy atom. The topological polar surface area (TPSA) is 91.7 Å². The summed E-state index contributed by atoms with van der Waals surface area (Å²) in [6, 6.07) is 9.63. The van der Waals surface area contributed by atoms with Crippen molar-refractivity contribution < 1.29 is 18.8 Å². The molecule has 0 spiro atoms. The molecule has 29 heavy (non-hydrogen) atoms. The fourth-order valence-corrected chi connectivity index (χ4v) is 4.37. The number of hydrogen-bond acceptors (Lipinski definition) is 4. The molecule has 0 unspecified atom stereocenters. The van der Waals surface area contributed by atoms with E-state index in [9.17, 15) is 14.4 Å². The van der Waals surface area contributed by atoms with Gasteiger partial charge >= 0.3 is 0 Å². The zero-order valence-corrected chi connectivity index (χ0v) is 16.4. The Morgan fingerprint density at radius 2 is 2.03 bits per heavy atom. The lowest BCUT2D eigenvalue weighted by Crippen LogP contribution is -2.68. The van der Waals surface area contributed by atoms with Crippen LogP contribution in [0.1, 0.15) is 48.2 Å². The second-order valence-electron chi connectivity index (χ2n) is 7.79. The van der Waals surface area contributed by atoms with Gasteiger partial charge in [-0.1, -0.05) is 25.0 Å². The van der Waals surface area contributed by atoms with E-state index in [-0.39, 0.29) is 42.0 Å². The van der Waals surface area contributed by atoms with Crippen LogP contribution in [-0.2, 0) is 9.59 Å². The van der Waals surface area contributed by atoms with E-state index < -0.39 is 6.04 Å². The molecule has 1 aromatic heterocycles. The second-order valence-corrected chi connectivity index (χ2v) is 7.79. The van der Waals surface area contributed by atoms with Gasteiger partial charge in [0.1, 0.15) is 6.04 Å². The van der Waals surface area contributed by atoms with Crippen molar-refractivity contribution in [1.82, 2.24) is 10.2 Å². The minimum absolute atomic E-state index is 0.0775. The Morgan fingerprint density at radius 3 is 2.79 bits per heavy atom. The number of nitrogens with zero attached hydrogens (tertiary/aromatic N) is 1. The molecular weight excluding hydrogens is 370 g/mol. The van der Waals surface area contributed by atoms with Gasteiger partial charge in [0.25, 0.3) is 5.91 Å². The van der Waals surface area contributed by atoms with Crippen molar-refractivity contribution in [2.45, 2.75) is 57.2 Å². The highest BCUT2D eigenvalue weighted by molar-refractivity contribution is 6.00. The summed E-state index contributed by atoms with van der Waals surface area (Å²) in [4.78, 5) is 40.3. The molecule has 2 heterocycles. The zero-order chi connectivity index (χ0) is 20.4. The predicted octanol–water partition coefficient (Wildman–Crippen LogP) is 2.87. The third-order valence-corrected chi connectivity index (χ3v) is 5.70. The van der Waals surface area contributed by atoms with Crippen LogP contribution in [0.5, 0.6) is 0 Å². The normalized spacial score (nSPS) is 23.8. The highest BCUT2D eigenvalue weighted by atomic mass is 16.3. The first kappa shape index (κ1) is 19.2. The highest BCUT2D eigenvalue weighted by Crippen LogP contribution is 2.31. The Bertz CT molecular complexity index is 909. The quantitative estimate of drug-likeness (QED) is 0.833. The summed E-state index contributed by atoms with van der Waals surface area (Å²) < 4.78 is 5.30. The van der Waals surface area contributed by atoms with Crippen molar-refractivity contribution in [3.63, 3.8) is 0 Å². The number of fused-ring (bicyclic) bond motifs is 1. The Hall–Kier alpha value is -3.09. The SMILES string of the molecule is Cc1cccc(NC(=O)C[C@@H]2C(=O)N[C@H]3CCCC[C@@H]3N2C(=O)c2ccco2)c1. The number of hydrogen-bond donors (Lipinski definition) is 2. The van der Waals surface area contributed by atoms with E-state index in [0.717, 1.165) is 31.2 Å². The molecule has 2 fully saturated rings. The largest absolute Gasteiger partial charge is 0.459 e. The maximum Gasteiger partial charge on any atom is 0.290 e. The summed E-state index contributed by atoms with van der Waals surface area (Å²) in [7, 11) is 0. The maximum atomic E-state index is 13.2. The number of rotatable bonds is 4. The molecule has 1 saturated carbocycles. The van der Waals surface area contributed by atoms with Crippen LogP contribution < -0.4 is 10.6 Å². The first-order chi connectivity index (χ1) is 14.0. The van der Waals surface area contributed by atoms with Crippen molar-refractivity contribution in [3.05, 3.63) is 54.0 Å². The maximum absolute atomic E-state index is 13.2. The summed E-state index contributed by atoms with van der Waals surface area (Å²) in [5.41, 5.74) is 1.70. The molecule has 1 aliphatic carbocycles. The van der Waals surface area contributed by atoms with Crippen LogP contribution in [0.4, 0.5) is 5.69 Å². The molecule has 0 radical (unpaired) electrons. The van der Waals surface area contributed by atoms with Crippen molar-refractivity contribution in [2.24, 2.45) is 0 Å². The lowest BCUT2D eigenvalue weighted by atomic mass is 9.85. The smallest absolute Gasteiger partial charge is 0.290 e. The molecule has 0 bridgehead atoms. The van der Waals surface area contributed by atoms with Crippen molar-refractivity contribution in [1.29, 1.82) is 0 Å². The summed E-state index contributed by atoms with van der Waals surface area (Å²) in [5.74, 6) is -0.738. The van der Waals surface area contributed by atoms with E-state index in [4.69, 9.17) is 4.42 Å². The Balaban J connectivity index is 1.57. The van der Waals surface area contributed by atoms with Crippen molar-refractivity contribution in [3.8, 4) is 0 Å². The average molecular weight is 395 g/mol. The predicted molar refractivity (Wildman–Crippen MR) is 107 cm³/mol. The summed E-state index contributed by atoms with van der Waals surface area (Å²) in [6.45, 7) is 1.94. The monoisotopic (exact) mass is 395 g/mol. The third-order valence-electron chi connectivity index (χ3n) is 5.70. The number of aryl methyl sites for hydroxylation is 1. The summed E-state index contributed by atoms with van der Waals surface area (Å²) in [6.07, 6.45) is 4.97. The number of carbonyl (C=O) groups is 3. The minimum atomic E-state index is -0.864. The van der Waals surface area contributed by atoms with Gasteiger partial charge in [-0.2, -0.15) is 0 Å². The molecule has 1 saturated heterocycles. The number of piperazine rings is 1. The first-order valence-electron chi connectivity index (χ1n) is 10.1. The second kappa shape index (κ2) is 8.11. The van der Waals surface area contributed by atoms with E-state index in [2.05, 4.69) is 10.6 Å². The van der Waals surface area contributed by atoms with Crippen LogP contribution in [0.3, 0.4) is 0 Å². The van der Waals surface area contributed by atoms with Gasteiger partial charge in [-0.05, 0) is 49.6 Å². The Kier molecular flexibility index (Phi) is 5.38. The van der Waals surface area contributed by atoms with Crippen LogP contribution in [0.2, 0.25) is 0 Å². The molecule has 1 aliphatic heterocycles. The number of nitrogens with one attached hydrogen (secondary N) is 2. The number of anilines is 1. The van der Waals surface area contributed by atoms with Crippen LogP contribution in [-0.4, -0.2) is 40.7 Å². The van der Waals surface area contributed by atoms with E-state index in [1.165, 1.54) is 6.26 Å². The molecule has 3 amide bonds. The van der Waals surface area contributed by atoms with Gasteiger partial charge in [-0.3, -0.25) is 14.4 Å². The number of amides is 3. The molecule has 3 atom stereocenters. The van der Waals surface area contributed by atoms with Crippen molar-refractivity contribution >= 4 is 23.4 Å². The minimum Gasteiger partial charge on any atom is -0.459 e. The first-order valence-corrected chi connectivity index (χ1v) is 10.1. The fourth-order valence-electron chi connectivity index (χ4n) is 4.37. The zero-order valence-electron chi connectivity index (χ0n) is 16.4. The lowest BCUT2D eigenvalue weighted by Gasteiger charge is -2.47. The molecule has 1 aromatic carbocycles. The van der Waals surface area contributed by atoms with E-state index in [1.807, 2.05) is 25.1 Å². The molecule has 2 aromatic rings. The molecule has 2 aliphatic rings. The lowest BCUT2D eigenvalue weighted by molar-refractivity contribution is -0.135. The van der Waals surface area contributed by atoms with E-state index in [0.29, 0.717) is 5.69 Å². The van der Waals surface area contributed by atoms with E-state index >= 15 is 0 Å². The molecule has 2 N–H and O–H groups in total. The van der Waals surface area contributed by atoms with Gasteiger partial charge in [-0.15, -0.1) is 0 Å². The van der Waals surface area contributed by atoms with Crippen molar-refractivity contribution in [2.75, 3.05) is 5.32 Å². The Labute approximate surface area is 169 Å². The van der Waals surface area contributed by atoms with Gasteiger partial charge in [0, 0.05) is 11.7 Å². The average Bonchev–Trinajstić information content (AvgIpc) is 3.23. The van der Waals surface area contributed by atoms with Gasteiger partial charge in [0.15, 0.2) is 5.76 Å². The van der Waals surface area contributed by atoms with Crippen LogP contribution >= 0.6 is 0 Å². The summed E-state index contributed by atoms with van der Waals surface area (Å²) >= 11 is 0.